The van der Waals surface area contributed by atoms with Crippen molar-refractivity contribution < 1.29 is 4.79 Å². The van der Waals surface area contributed by atoms with Gasteiger partial charge in [0.15, 0.2) is 0 Å². The van der Waals surface area contributed by atoms with Gasteiger partial charge in [0.05, 0.1) is 28.6 Å². The summed E-state index contributed by atoms with van der Waals surface area (Å²) in [6.45, 7) is 4.57. The molecular formula is C15H16BrClN2OS. The zero-order chi connectivity index (χ0) is 15.4. The van der Waals surface area contributed by atoms with Crippen LogP contribution in [-0.2, 0) is 17.8 Å². The Morgan fingerprint density at radius 2 is 2.14 bits per heavy atom. The fourth-order valence-corrected chi connectivity index (χ4v) is 3.63. The molecule has 0 unspecified atom stereocenters. The lowest BCUT2D eigenvalue weighted by Crippen LogP contribution is -2.11. The van der Waals surface area contributed by atoms with E-state index in [1.165, 1.54) is 11.8 Å². The zero-order valence-corrected chi connectivity index (χ0v) is 15.1. The number of rotatable bonds is 6. The van der Waals surface area contributed by atoms with Crippen LogP contribution in [0.4, 0.5) is 0 Å². The van der Waals surface area contributed by atoms with E-state index >= 15 is 0 Å². The standard InChI is InChI=1S/C15H16BrClN2OS/c1-3-19-13(15(17)10(2)18-19)8-11(20)9-21-14-7-5-4-6-12(14)16/h4-7H,3,8-9H2,1-2H3. The third-order valence-corrected chi connectivity index (χ3v) is 5.62. The van der Waals surface area contributed by atoms with E-state index in [1.807, 2.05) is 38.1 Å². The van der Waals surface area contributed by atoms with Crippen LogP contribution >= 0.6 is 39.3 Å². The Bertz CT molecular complexity index is 657. The number of aryl methyl sites for hydroxylation is 2. The summed E-state index contributed by atoms with van der Waals surface area (Å²) in [5.74, 6) is 0.569. The van der Waals surface area contributed by atoms with Crippen LogP contribution < -0.4 is 0 Å². The summed E-state index contributed by atoms with van der Waals surface area (Å²) in [6.07, 6.45) is 0.324. The molecule has 2 aromatic rings. The highest BCUT2D eigenvalue weighted by atomic mass is 79.9. The molecule has 0 N–H and O–H groups in total. The van der Waals surface area contributed by atoms with Crippen LogP contribution in [0.15, 0.2) is 33.6 Å². The maximum atomic E-state index is 12.2. The first kappa shape index (κ1) is 16.6. The first-order valence-electron chi connectivity index (χ1n) is 6.63. The molecule has 112 valence electrons. The number of hydrogen-bond donors (Lipinski definition) is 0. The van der Waals surface area contributed by atoms with Gasteiger partial charge in [-0.15, -0.1) is 11.8 Å². The molecule has 0 aliphatic carbocycles. The van der Waals surface area contributed by atoms with E-state index in [1.54, 1.807) is 4.68 Å². The summed E-state index contributed by atoms with van der Waals surface area (Å²) in [4.78, 5) is 13.3. The normalized spacial score (nSPS) is 10.9. The molecule has 0 aliphatic rings. The topological polar surface area (TPSA) is 34.9 Å². The summed E-state index contributed by atoms with van der Waals surface area (Å²) >= 11 is 11.2. The third-order valence-electron chi connectivity index (χ3n) is 3.04. The van der Waals surface area contributed by atoms with Gasteiger partial charge in [-0.25, -0.2) is 0 Å². The average Bonchev–Trinajstić information content (AvgIpc) is 2.74. The maximum Gasteiger partial charge on any atom is 0.149 e. The van der Waals surface area contributed by atoms with Crippen molar-refractivity contribution in [3.63, 3.8) is 0 Å². The van der Waals surface area contributed by atoms with Crippen molar-refractivity contribution in [3.8, 4) is 0 Å². The number of Topliss-reactive ketones (excluding diaryl/α,β-unsaturated/α-hetero) is 1. The predicted molar refractivity (Wildman–Crippen MR) is 91.2 cm³/mol. The van der Waals surface area contributed by atoms with Gasteiger partial charge >= 0.3 is 0 Å². The second kappa shape index (κ2) is 7.47. The van der Waals surface area contributed by atoms with Gasteiger partial charge in [-0.05, 0) is 41.9 Å². The van der Waals surface area contributed by atoms with Crippen LogP contribution in [-0.4, -0.2) is 21.3 Å². The van der Waals surface area contributed by atoms with Gasteiger partial charge < -0.3 is 0 Å². The Balaban J connectivity index is 2.01. The number of thioether (sulfide) groups is 1. The van der Waals surface area contributed by atoms with Crippen molar-refractivity contribution in [3.05, 3.63) is 45.1 Å². The van der Waals surface area contributed by atoms with Crippen LogP contribution in [0, 0.1) is 6.92 Å². The van der Waals surface area contributed by atoms with Crippen LogP contribution in [0.5, 0.6) is 0 Å². The van der Waals surface area contributed by atoms with Crippen molar-refractivity contribution in [2.24, 2.45) is 0 Å². The Hall–Kier alpha value is -0.780. The fraction of sp³-hybridized carbons (Fsp3) is 0.333. The molecule has 0 fully saturated rings. The van der Waals surface area contributed by atoms with Crippen LogP contribution in [0.3, 0.4) is 0 Å². The molecule has 1 aromatic carbocycles. The minimum atomic E-state index is 0.146. The fourth-order valence-electron chi connectivity index (χ4n) is 2.00. The number of aromatic nitrogens is 2. The number of carbonyl (C=O) groups excluding carboxylic acids is 1. The molecular weight excluding hydrogens is 372 g/mol. The second-order valence-electron chi connectivity index (χ2n) is 4.60. The Kier molecular flexibility index (Phi) is 5.90. The molecule has 3 nitrogen and oxygen atoms in total. The number of hydrogen-bond acceptors (Lipinski definition) is 3. The number of ketones is 1. The van der Waals surface area contributed by atoms with E-state index in [0.717, 1.165) is 20.8 Å². The molecule has 0 amide bonds. The lowest BCUT2D eigenvalue weighted by molar-refractivity contribution is -0.116. The number of nitrogens with zero attached hydrogens (tertiary/aromatic N) is 2. The maximum absolute atomic E-state index is 12.2. The molecule has 1 heterocycles. The molecule has 0 saturated carbocycles. The van der Waals surface area contributed by atoms with Crippen LogP contribution in [0.1, 0.15) is 18.3 Å². The largest absolute Gasteiger partial charge is 0.298 e. The highest BCUT2D eigenvalue weighted by Gasteiger charge is 2.16. The first-order chi connectivity index (χ1) is 10.0. The summed E-state index contributed by atoms with van der Waals surface area (Å²) in [6, 6.07) is 7.89. The summed E-state index contributed by atoms with van der Waals surface area (Å²) < 4.78 is 2.81. The zero-order valence-electron chi connectivity index (χ0n) is 11.9. The molecule has 21 heavy (non-hydrogen) atoms. The summed E-state index contributed by atoms with van der Waals surface area (Å²) in [7, 11) is 0. The van der Waals surface area contributed by atoms with Crippen molar-refractivity contribution in [2.45, 2.75) is 31.7 Å². The van der Waals surface area contributed by atoms with Crippen molar-refractivity contribution in [2.75, 3.05) is 5.75 Å². The molecule has 0 spiro atoms. The number of halogens is 2. The summed E-state index contributed by atoms with van der Waals surface area (Å²) in [5, 5.41) is 4.94. The number of carbonyl (C=O) groups is 1. The second-order valence-corrected chi connectivity index (χ2v) is 6.85. The van der Waals surface area contributed by atoms with Crippen molar-refractivity contribution in [1.82, 2.24) is 9.78 Å². The lowest BCUT2D eigenvalue weighted by atomic mass is 10.2. The Morgan fingerprint density at radius 3 is 2.81 bits per heavy atom. The molecule has 1 aromatic heterocycles. The minimum absolute atomic E-state index is 0.146. The smallest absolute Gasteiger partial charge is 0.149 e. The SMILES string of the molecule is CCn1nc(C)c(Cl)c1CC(=O)CSc1ccccc1Br. The number of benzene rings is 1. The van der Waals surface area contributed by atoms with E-state index in [9.17, 15) is 4.79 Å². The van der Waals surface area contributed by atoms with Gasteiger partial charge in [-0.1, -0.05) is 23.7 Å². The van der Waals surface area contributed by atoms with E-state index < -0.39 is 0 Å². The van der Waals surface area contributed by atoms with E-state index in [4.69, 9.17) is 11.6 Å². The quantitative estimate of drug-likeness (QED) is 0.683. The predicted octanol–water partition coefficient (Wildman–Crippen LogP) is 4.53. The molecule has 0 aliphatic heterocycles. The average molecular weight is 388 g/mol. The van der Waals surface area contributed by atoms with Gasteiger partial charge in [0.25, 0.3) is 0 Å². The minimum Gasteiger partial charge on any atom is -0.298 e. The summed E-state index contributed by atoms with van der Waals surface area (Å²) in [5.41, 5.74) is 1.59. The van der Waals surface area contributed by atoms with Gasteiger partial charge in [0, 0.05) is 15.9 Å². The molecule has 0 radical (unpaired) electrons. The van der Waals surface area contributed by atoms with Gasteiger partial charge in [-0.3, -0.25) is 9.48 Å². The van der Waals surface area contributed by atoms with Gasteiger partial charge in [0.2, 0.25) is 0 Å². The molecule has 0 saturated heterocycles. The molecule has 2 rings (SSSR count). The monoisotopic (exact) mass is 386 g/mol. The third kappa shape index (κ3) is 4.11. The highest BCUT2D eigenvalue weighted by molar-refractivity contribution is 9.10. The van der Waals surface area contributed by atoms with Crippen LogP contribution in [0.25, 0.3) is 0 Å². The Morgan fingerprint density at radius 1 is 1.43 bits per heavy atom. The van der Waals surface area contributed by atoms with E-state index in [2.05, 4.69) is 21.0 Å². The van der Waals surface area contributed by atoms with Crippen LogP contribution in [0.2, 0.25) is 5.02 Å². The Labute approximate surface area is 142 Å². The lowest BCUT2D eigenvalue weighted by Gasteiger charge is -2.06. The highest BCUT2D eigenvalue weighted by Crippen LogP contribution is 2.27. The first-order valence-corrected chi connectivity index (χ1v) is 8.79. The van der Waals surface area contributed by atoms with E-state index in [-0.39, 0.29) is 5.78 Å². The van der Waals surface area contributed by atoms with Gasteiger partial charge in [-0.2, -0.15) is 5.10 Å². The van der Waals surface area contributed by atoms with Crippen molar-refractivity contribution >= 4 is 45.1 Å². The molecule has 0 atom stereocenters. The molecule has 6 heteroatoms. The molecule has 0 bridgehead atoms. The van der Waals surface area contributed by atoms with Gasteiger partial charge in [0.1, 0.15) is 5.78 Å². The van der Waals surface area contributed by atoms with E-state index in [0.29, 0.717) is 23.7 Å². The van der Waals surface area contributed by atoms with Crippen molar-refractivity contribution in [1.29, 1.82) is 0 Å².